The van der Waals surface area contributed by atoms with E-state index < -0.39 is 0 Å². The minimum Gasteiger partial charge on any atom is -0.496 e. The van der Waals surface area contributed by atoms with Crippen molar-refractivity contribution in [3.8, 4) is 11.5 Å². The van der Waals surface area contributed by atoms with Gasteiger partial charge >= 0.3 is 0 Å². The molecule has 3 rings (SSSR count). The zero-order chi connectivity index (χ0) is 21.7. The van der Waals surface area contributed by atoms with Crippen LogP contribution >= 0.6 is 23.4 Å². The van der Waals surface area contributed by atoms with Crippen LogP contribution in [0.25, 0.3) is 0 Å². The molecule has 6 nitrogen and oxygen atoms in total. The molecule has 30 heavy (non-hydrogen) atoms. The molecule has 0 radical (unpaired) electrons. The van der Waals surface area contributed by atoms with E-state index in [1.54, 1.807) is 13.3 Å². The normalized spacial score (nSPS) is 15.3. The molecule has 0 aliphatic carbocycles. The molecule has 0 saturated carbocycles. The lowest BCUT2D eigenvalue weighted by Crippen LogP contribution is -2.19. The first-order valence-electron chi connectivity index (χ1n) is 9.50. The predicted octanol–water partition coefficient (Wildman–Crippen LogP) is 4.91. The van der Waals surface area contributed by atoms with E-state index in [4.69, 9.17) is 21.1 Å². The molecule has 1 aliphatic rings. The SMILES string of the molecule is COc1ccc(C=NN=C2NC(=O)CS2)cc1COc1cc(C)c(Cl)cc1C(C)C. The fourth-order valence-electron chi connectivity index (χ4n) is 2.92. The summed E-state index contributed by atoms with van der Waals surface area (Å²) in [7, 11) is 1.63. The quantitative estimate of drug-likeness (QED) is 0.485. The first kappa shape index (κ1) is 22.2. The number of hydrogen-bond acceptors (Lipinski definition) is 6. The van der Waals surface area contributed by atoms with E-state index in [-0.39, 0.29) is 11.8 Å². The van der Waals surface area contributed by atoms with Gasteiger partial charge in [0.15, 0.2) is 5.17 Å². The van der Waals surface area contributed by atoms with Crippen LogP contribution in [0.2, 0.25) is 5.02 Å². The van der Waals surface area contributed by atoms with Crippen LogP contribution in [0.4, 0.5) is 0 Å². The second-order valence-electron chi connectivity index (χ2n) is 7.14. The standard InChI is InChI=1S/C22H24ClN3O3S/c1-13(2)17-9-18(23)14(3)7-20(17)29-11-16-8-15(5-6-19(16)28-4)10-24-26-22-25-21(27)12-30-22/h5-10,13H,11-12H2,1-4H3,(H,25,26,27). The Labute approximate surface area is 185 Å². The van der Waals surface area contributed by atoms with E-state index >= 15 is 0 Å². The lowest BCUT2D eigenvalue weighted by Gasteiger charge is -2.17. The zero-order valence-electron chi connectivity index (χ0n) is 17.4. The lowest BCUT2D eigenvalue weighted by molar-refractivity contribution is -0.116. The van der Waals surface area contributed by atoms with Gasteiger partial charge in [0.2, 0.25) is 5.91 Å². The number of nitrogens with one attached hydrogen (secondary N) is 1. The number of ether oxygens (including phenoxy) is 2. The number of methoxy groups -OCH3 is 1. The van der Waals surface area contributed by atoms with Crippen molar-refractivity contribution in [2.45, 2.75) is 33.3 Å². The fourth-order valence-corrected chi connectivity index (χ4v) is 3.72. The van der Waals surface area contributed by atoms with Gasteiger partial charge in [-0.2, -0.15) is 5.10 Å². The van der Waals surface area contributed by atoms with E-state index in [1.807, 2.05) is 37.3 Å². The summed E-state index contributed by atoms with van der Waals surface area (Å²) in [6.07, 6.45) is 1.63. The second kappa shape index (κ2) is 10.00. The van der Waals surface area contributed by atoms with Gasteiger partial charge in [0.1, 0.15) is 18.1 Å². The van der Waals surface area contributed by atoms with Gasteiger partial charge in [-0.1, -0.05) is 37.2 Å². The molecule has 2 aromatic carbocycles. The molecule has 8 heteroatoms. The van der Waals surface area contributed by atoms with Crippen molar-refractivity contribution in [1.29, 1.82) is 0 Å². The molecule has 1 aliphatic heterocycles. The van der Waals surface area contributed by atoms with Crippen LogP contribution < -0.4 is 14.8 Å². The molecule has 158 valence electrons. The first-order valence-corrected chi connectivity index (χ1v) is 10.9. The van der Waals surface area contributed by atoms with Gasteiger partial charge in [-0.25, -0.2) is 0 Å². The van der Waals surface area contributed by atoms with Crippen molar-refractivity contribution in [2.24, 2.45) is 10.2 Å². The van der Waals surface area contributed by atoms with Gasteiger partial charge in [0.05, 0.1) is 19.1 Å². The van der Waals surface area contributed by atoms with E-state index in [2.05, 4.69) is 29.4 Å². The monoisotopic (exact) mass is 445 g/mol. The Kier molecular flexibility index (Phi) is 7.39. The number of nitrogens with zero attached hydrogens (tertiary/aromatic N) is 2. The number of aryl methyl sites for hydroxylation is 1. The maximum absolute atomic E-state index is 11.2. The maximum atomic E-state index is 11.2. The summed E-state index contributed by atoms with van der Waals surface area (Å²) in [6.45, 7) is 6.52. The van der Waals surface area contributed by atoms with Crippen LogP contribution in [0, 0.1) is 6.92 Å². The molecule has 0 atom stereocenters. The maximum Gasteiger partial charge on any atom is 0.236 e. The molecule has 0 bridgehead atoms. The third-order valence-electron chi connectivity index (χ3n) is 4.54. The molecule has 1 saturated heterocycles. The Morgan fingerprint density at radius 2 is 2.07 bits per heavy atom. The molecule has 0 spiro atoms. The highest BCUT2D eigenvalue weighted by atomic mass is 35.5. The van der Waals surface area contributed by atoms with Gasteiger partial charge in [0.25, 0.3) is 0 Å². The van der Waals surface area contributed by atoms with Crippen LogP contribution in [-0.4, -0.2) is 30.2 Å². The molecule has 0 aromatic heterocycles. The number of carbonyl (C=O) groups is 1. The van der Waals surface area contributed by atoms with Crippen molar-refractivity contribution in [2.75, 3.05) is 12.9 Å². The first-order chi connectivity index (χ1) is 14.4. The molecule has 1 amide bonds. The van der Waals surface area contributed by atoms with Gasteiger partial charge in [-0.05, 0) is 59.9 Å². The van der Waals surface area contributed by atoms with Crippen molar-refractivity contribution >= 4 is 40.7 Å². The average Bonchev–Trinajstić information content (AvgIpc) is 3.13. The largest absolute Gasteiger partial charge is 0.496 e. The molecular weight excluding hydrogens is 422 g/mol. The second-order valence-corrected chi connectivity index (χ2v) is 8.51. The van der Waals surface area contributed by atoms with E-state index in [0.29, 0.717) is 17.5 Å². The summed E-state index contributed by atoms with van der Waals surface area (Å²) in [4.78, 5) is 11.2. The summed E-state index contributed by atoms with van der Waals surface area (Å²) in [6, 6.07) is 9.64. The lowest BCUT2D eigenvalue weighted by atomic mass is 10.0. The fraction of sp³-hybridized carbons (Fsp3) is 0.318. The zero-order valence-corrected chi connectivity index (χ0v) is 18.9. The number of benzene rings is 2. The third kappa shape index (κ3) is 5.55. The third-order valence-corrected chi connectivity index (χ3v) is 5.81. The molecule has 1 fully saturated rings. The van der Waals surface area contributed by atoms with E-state index in [0.717, 1.165) is 38.8 Å². The number of halogens is 1. The van der Waals surface area contributed by atoms with E-state index in [1.165, 1.54) is 11.8 Å². The highest BCUT2D eigenvalue weighted by Crippen LogP contribution is 2.33. The van der Waals surface area contributed by atoms with Gasteiger partial charge < -0.3 is 14.8 Å². The summed E-state index contributed by atoms with van der Waals surface area (Å²) in [5.41, 5.74) is 3.78. The van der Waals surface area contributed by atoms with Gasteiger partial charge in [0, 0.05) is 10.6 Å². The number of thioether (sulfide) groups is 1. The van der Waals surface area contributed by atoms with Crippen molar-refractivity contribution in [3.63, 3.8) is 0 Å². The number of amides is 1. The topological polar surface area (TPSA) is 72.3 Å². The molecule has 2 aromatic rings. The Bertz CT molecular complexity index is 1010. The summed E-state index contributed by atoms with van der Waals surface area (Å²) in [5, 5.41) is 12.0. The highest BCUT2D eigenvalue weighted by Gasteiger charge is 2.16. The number of rotatable bonds is 7. The Balaban J connectivity index is 1.78. The van der Waals surface area contributed by atoms with Crippen LogP contribution in [-0.2, 0) is 11.4 Å². The predicted molar refractivity (Wildman–Crippen MR) is 123 cm³/mol. The molecular formula is C22H24ClN3O3S. The summed E-state index contributed by atoms with van der Waals surface area (Å²) in [5.74, 6) is 2.14. The van der Waals surface area contributed by atoms with Crippen LogP contribution in [0.1, 0.15) is 42.0 Å². The smallest absolute Gasteiger partial charge is 0.236 e. The van der Waals surface area contributed by atoms with Crippen LogP contribution in [0.15, 0.2) is 40.5 Å². The van der Waals surface area contributed by atoms with Crippen molar-refractivity contribution in [1.82, 2.24) is 5.32 Å². The molecule has 0 unspecified atom stereocenters. The minimum atomic E-state index is -0.0592. The van der Waals surface area contributed by atoms with Gasteiger partial charge in [-0.3, -0.25) is 4.79 Å². The molecule has 1 heterocycles. The van der Waals surface area contributed by atoms with Crippen molar-refractivity contribution < 1.29 is 14.3 Å². The number of amidine groups is 1. The summed E-state index contributed by atoms with van der Waals surface area (Å²) >= 11 is 7.63. The van der Waals surface area contributed by atoms with E-state index in [9.17, 15) is 4.79 Å². The average molecular weight is 446 g/mol. The Morgan fingerprint density at radius 3 is 2.73 bits per heavy atom. The minimum absolute atomic E-state index is 0.0592. The van der Waals surface area contributed by atoms with Crippen molar-refractivity contribution in [3.05, 3.63) is 57.6 Å². The number of hydrogen-bond donors (Lipinski definition) is 1. The van der Waals surface area contributed by atoms with Gasteiger partial charge in [-0.15, -0.1) is 5.10 Å². The summed E-state index contributed by atoms with van der Waals surface area (Å²) < 4.78 is 11.6. The highest BCUT2D eigenvalue weighted by molar-refractivity contribution is 8.15. The molecule has 1 N–H and O–H groups in total. The van der Waals surface area contributed by atoms with Crippen LogP contribution in [0.5, 0.6) is 11.5 Å². The number of carbonyl (C=O) groups excluding carboxylic acids is 1. The van der Waals surface area contributed by atoms with Crippen LogP contribution in [0.3, 0.4) is 0 Å². The Morgan fingerprint density at radius 1 is 1.27 bits per heavy atom. The Hall–Kier alpha value is -2.51.